The zero-order valence-electron chi connectivity index (χ0n) is 16.6. The molecule has 0 amide bonds. The van der Waals surface area contributed by atoms with Crippen LogP contribution in [0.1, 0.15) is 50.2 Å². The van der Waals surface area contributed by atoms with Crippen molar-refractivity contribution < 1.29 is 4.74 Å². The predicted octanol–water partition coefficient (Wildman–Crippen LogP) is 6.98. The van der Waals surface area contributed by atoms with Crippen LogP contribution in [0.5, 0.6) is 5.75 Å². The summed E-state index contributed by atoms with van der Waals surface area (Å²) in [5.41, 5.74) is 6.37. The van der Waals surface area contributed by atoms with Crippen LogP contribution < -0.4 is 4.74 Å². The molecule has 3 atom stereocenters. The number of rotatable bonds is 2. The molecule has 0 unspecified atom stereocenters. The Morgan fingerprint density at radius 2 is 1.74 bits per heavy atom. The van der Waals surface area contributed by atoms with Gasteiger partial charge in [-0.15, -0.1) is 0 Å². The number of fused-ring (bicyclic) bond motifs is 5. The van der Waals surface area contributed by atoms with Crippen molar-refractivity contribution in [1.29, 1.82) is 0 Å². The standard InChI is InChI=1S/C26H28O/c1-17-14-25-24-15-23(18-8-10-19(27-3)11-9-18)21-7-5-4-6-20(21)22(24)12-13-26(25,2)16-17/h4-11,15,17,25H,12-14,16H2,1-3H3/t17-,25-,26+/m0/s1. The lowest BCUT2D eigenvalue weighted by Gasteiger charge is -2.39. The summed E-state index contributed by atoms with van der Waals surface area (Å²) in [7, 11) is 1.73. The summed E-state index contributed by atoms with van der Waals surface area (Å²) < 4.78 is 5.36. The van der Waals surface area contributed by atoms with Crippen molar-refractivity contribution >= 4 is 10.8 Å². The third-order valence-corrected chi connectivity index (χ3v) is 7.21. The van der Waals surface area contributed by atoms with Crippen LogP contribution in [0.25, 0.3) is 21.9 Å². The Morgan fingerprint density at radius 1 is 1.00 bits per heavy atom. The molecule has 0 spiro atoms. The van der Waals surface area contributed by atoms with Gasteiger partial charge in [-0.25, -0.2) is 0 Å². The molecular formula is C26H28O. The van der Waals surface area contributed by atoms with Gasteiger partial charge in [-0.1, -0.05) is 50.2 Å². The molecule has 3 aromatic rings. The molecule has 2 aliphatic carbocycles. The van der Waals surface area contributed by atoms with E-state index in [1.807, 2.05) is 0 Å². The third kappa shape index (κ3) is 2.59. The SMILES string of the molecule is COc1ccc(-c2cc3c(c4ccccc24)CC[C@]2(C)C[C@@H](C)C[C@@H]32)cc1. The minimum Gasteiger partial charge on any atom is -0.497 e. The molecular weight excluding hydrogens is 328 g/mol. The number of aryl methyl sites for hydroxylation is 1. The number of hydrogen-bond acceptors (Lipinski definition) is 1. The molecule has 1 heteroatoms. The van der Waals surface area contributed by atoms with E-state index in [0.717, 1.165) is 11.7 Å². The number of methoxy groups -OCH3 is 1. The highest BCUT2D eigenvalue weighted by molar-refractivity contribution is 5.99. The fraction of sp³-hybridized carbons (Fsp3) is 0.385. The van der Waals surface area contributed by atoms with Gasteiger partial charge < -0.3 is 4.74 Å². The summed E-state index contributed by atoms with van der Waals surface area (Å²) in [5, 5.41) is 2.85. The Morgan fingerprint density at radius 3 is 2.48 bits per heavy atom. The maximum Gasteiger partial charge on any atom is 0.118 e. The smallest absolute Gasteiger partial charge is 0.118 e. The lowest BCUT2D eigenvalue weighted by molar-refractivity contribution is 0.248. The van der Waals surface area contributed by atoms with E-state index in [9.17, 15) is 0 Å². The largest absolute Gasteiger partial charge is 0.497 e. The van der Waals surface area contributed by atoms with E-state index in [4.69, 9.17) is 4.74 Å². The maximum absolute atomic E-state index is 5.36. The fourth-order valence-corrected chi connectivity index (χ4v) is 5.95. The highest BCUT2D eigenvalue weighted by Gasteiger charge is 2.46. The van der Waals surface area contributed by atoms with Crippen LogP contribution in [-0.4, -0.2) is 7.11 Å². The van der Waals surface area contributed by atoms with E-state index in [-0.39, 0.29) is 0 Å². The first-order chi connectivity index (χ1) is 13.1. The van der Waals surface area contributed by atoms with E-state index < -0.39 is 0 Å². The summed E-state index contributed by atoms with van der Waals surface area (Å²) in [6, 6.07) is 20.1. The molecule has 2 aliphatic rings. The fourth-order valence-electron chi connectivity index (χ4n) is 5.95. The highest BCUT2D eigenvalue weighted by atomic mass is 16.5. The van der Waals surface area contributed by atoms with Crippen molar-refractivity contribution in [3.05, 3.63) is 65.7 Å². The van der Waals surface area contributed by atoms with Crippen molar-refractivity contribution in [3.8, 4) is 16.9 Å². The second-order valence-corrected chi connectivity index (χ2v) is 9.02. The maximum atomic E-state index is 5.36. The van der Waals surface area contributed by atoms with Crippen molar-refractivity contribution in [2.45, 2.75) is 45.4 Å². The van der Waals surface area contributed by atoms with Crippen molar-refractivity contribution in [3.63, 3.8) is 0 Å². The lowest BCUT2D eigenvalue weighted by Crippen LogP contribution is -2.26. The molecule has 1 nitrogen and oxygen atoms in total. The van der Waals surface area contributed by atoms with Crippen LogP contribution in [0.3, 0.4) is 0 Å². The van der Waals surface area contributed by atoms with Gasteiger partial charge in [0.25, 0.3) is 0 Å². The topological polar surface area (TPSA) is 9.23 Å². The summed E-state index contributed by atoms with van der Waals surface area (Å²) >= 11 is 0. The first-order valence-electron chi connectivity index (χ1n) is 10.3. The van der Waals surface area contributed by atoms with Gasteiger partial charge in [0.2, 0.25) is 0 Å². The second kappa shape index (κ2) is 6.12. The zero-order chi connectivity index (χ0) is 18.6. The van der Waals surface area contributed by atoms with E-state index in [0.29, 0.717) is 11.3 Å². The van der Waals surface area contributed by atoms with Crippen molar-refractivity contribution in [2.75, 3.05) is 7.11 Å². The molecule has 0 heterocycles. The average Bonchev–Trinajstić information content (AvgIpc) is 3.01. The predicted molar refractivity (Wildman–Crippen MR) is 114 cm³/mol. The average molecular weight is 357 g/mol. The molecule has 1 fully saturated rings. The van der Waals surface area contributed by atoms with Gasteiger partial charge in [0.15, 0.2) is 0 Å². The van der Waals surface area contributed by atoms with Gasteiger partial charge in [0.05, 0.1) is 7.11 Å². The van der Waals surface area contributed by atoms with Gasteiger partial charge in [0.1, 0.15) is 5.75 Å². The quantitative estimate of drug-likeness (QED) is 0.481. The Kier molecular flexibility index (Phi) is 3.82. The summed E-state index contributed by atoms with van der Waals surface area (Å²) in [4.78, 5) is 0. The molecule has 27 heavy (non-hydrogen) atoms. The second-order valence-electron chi connectivity index (χ2n) is 9.02. The first kappa shape index (κ1) is 16.9. The van der Waals surface area contributed by atoms with Crippen LogP contribution in [-0.2, 0) is 6.42 Å². The van der Waals surface area contributed by atoms with Gasteiger partial charge in [0, 0.05) is 0 Å². The molecule has 0 aliphatic heterocycles. The lowest BCUT2D eigenvalue weighted by atomic mass is 9.65. The van der Waals surface area contributed by atoms with Crippen LogP contribution in [0.2, 0.25) is 0 Å². The zero-order valence-corrected chi connectivity index (χ0v) is 16.6. The van der Waals surface area contributed by atoms with Gasteiger partial charge in [-0.3, -0.25) is 0 Å². The minimum atomic E-state index is 0.478. The Bertz CT molecular complexity index is 1000. The van der Waals surface area contributed by atoms with E-state index >= 15 is 0 Å². The first-order valence-corrected chi connectivity index (χ1v) is 10.3. The van der Waals surface area contributed by atoms with Crippen LogP contribution in [0.15, 0.2) is 54.6 Å². The van der Waals surface area contributed by atoms with Gasteiger partial charge >= 0.3 is 0 Å². The summed E-state index contributed by atoms with van der Waals surface area (Å²) in [6.45, 7) is 4.97. The highest BCUT2D eigenvalue weighted by Crippen LogP contribution is 2.58. The number of hydrogen-bond donors (Lipinski definition) is 0. The third-order valence-electron chi connectivity index (χ3n) is 7.21. The normalized spacial score (nSPS) is 26.6. The van der Waals surface area contributed by atoms with E-state index in [2.05, 4.69) is 68.4 Å². The molecule has 0 aromatic heterocycles. The Balaban J connectivity index is 1.75. The minimum absolute atomic E-state index is 0.478. The molecule has 1 saturated carbocycles. The van der Waals surface area contributed by atoms with Crippen LogP contribution >= 0.6 is 0 Å². The number of benzene rings is 3. The van der Waals surface area contributed by atoms with Crippen LogP contribution in [0.4, 0.5) is 0 Å². The van der Waals surface area contributed by atoms with E-state index in [1.54, 1.807) is 18.2 Å². The molecule has 0 radical (unpaired) electrons. The molecule has 5 rings (SSSR count). The summed E-state index contributed by atoms with van der Waals surface area (Å²) in [5.74, 6) is 2.46. The van der Waals surface area contributed by atoms with Crippen LogP contribution in [0, 0.1) is 11.3 Å². The van der Waals surface area contributed by atoms with Crippen molar-refractivity contribution in [2.24, 2.45) is 11.3 Å². The van der Waals surface area contributed by atoms with E-state index in [1.165, 1.54) is 47.6 Å². The number of ether oxygens (including phenoxy) is 1. The molecule has 0 bridgehead atoms. The molecule has 0 saturated heterocycles. The van der Waals surface area contributed by atoms with Crippen molar-refractivity contribution in [1.82, 2.24) is 0 Å². The van der Waals surface area contributed by atoms with Gasteiger partial charge in [-0.05, 0) is 94.2 Å². The molecule has 3 aromatic carbocycles. The Labute approximate surface area is 162 Å². The summed E-state index contributed by atoms with van der Waals surface area (Å²) in [6.07, 6.45) is 5.27. The molecule has 0 N–H and O–H groups in total. The monoisotopic (exact) mass is 356 g/mol. The molecule has 138 valence electrons. The van der Waals surface area contributed by atoms with Gasteiger partial charge in [-0.2, -0.15) is 0 Å². The Hall–Kier alpha value is -2.28.